The van der Waals surface area contributed by atoms with E-state index in [1.165, 1.54) is 12.8 Å². The lowest BCUT2D eigenvalue weighted by Crippen LogP contribution is -2.34. The van der Waals surface area contributed by atoms with E-state index in [1.54, 1.807) is 0 Å². The SMILES string of the molecule is Cn1cc(-c2cncn2C2CCCCC2N)cn1. The highest BCUT2D eigenvalue weighted by molar-refractivity contribution is 5.56. The molecule has 0 saturated heterocycles. The Balaban J connectivity index is 1.95. The van der Waals surface area contributed by atoms with Gasteiger partial charge in [-0.3, -0.25) is 4.68 Å². The quantitative estimate of drug-likeness (QED) is 0.876. The largest absolute Gasteiger partial charge is 0.326 e. The molecule has 1 saturated carbocycles. The summed E-state index contributed by atoms with van der Waals surface area (Å²) in [5.41, 5.74) is 8.47. The van der Waals surface area contributed by atoms with E-state index in [0.717, 1.165) is 24.1 Å². The second-order valence-corrected chi connectivity index (χ2v) is 5.10. The first-order valence-corrected chi connectivity index (χ1v) is 6.52. The average molecular weight is 245 g/mol. The van der Waals surface area contributed by atoms with Gasteiger partial charge in [-0.1, -0.05) is 12.8 Å². The van der Waals surface area contributed by atoms with Crippen molar-refractivity contribution in [2.24, 2.45) is 12.8 Å². The van der Waals surface area contributed by atoms with Crippen molar-refractivity contribution in [1.82, 2.24) is 19.3 Å². The third kappa shape index (κ3) is 1.95. The van der Waals surface area contributed by atoms with E-state index in [-0.39, 0.29) is 6.04 Å². The Morgan fingerprint density at radius 3 is 2.83 bits per heavy atom. The first-order valence-electron chi connectivity index (χ1n) is 6.52. The molecule has 0 amide bonds. The van der Waals surface area contributed by atoms with Gasteiger partial charge in [-0.15, -0.1) is 0 Å². The van der Waals surface area contributed by atoms with Crippen molar-refractivity contribution in [2.75, 3.05) is 0 Å². The maximum absolute atomic E-state index is 6.25. The molecule has 2 heterocycles. The number of hydrogen-bond acceptors (Lipinski definition) is 3. The van der Waals surface area contributed by atoms with Crippen LogP contribution >= 0.6 is 0 Å². The van der Waals surface area contributed by atoms with Crippen molar-refractivity contribution < 1.29 is 0 Å². The summed E-state index contributed by atoms with van der Waals surface area (Å²) in [6.07, 6.45) is 12.4. The van der Waals surface area contributed by atoms with Gasteiger partial charge in [0, 0.05) is 24.8 Å². The van der Waals surface area contributed by atoms with E-state index in [9.17, 15) is 0 Å². The first kappa shape index (κ1) is 11.5. The Labute approximate surface area is 107 Å². The lowest BCUT2D eigenvalue weighted by molar-refractivity contribution is 0.308. The maximum Gasteiger partial charge on any atom is 0.0954 e. The lowest BCUT2D eigenvalue weighted by Gasteiger charge is -2.30. The van der Waals surface area contributed by atoms with Gasteiger partial charge in [0.1, 0.15) is 0 Å². The highest BCUT2D eigenvalue weighted by atomic mass is 15.2. The van der Waals surface area contributed by atoms with E-state index < -0.39 is 0 Å². The van der Waals surface area contributed by atoms with Crippen LogP contribution in [0.25, 0.3) is 11.3 Å². The summed E-state index contributed by atoms with van der Waals surface area (Å²) in [7, 11) is 1.93. The molecule has 18 heavy (non-hydrogen) atoms. The lowest BCUT2D eigenvalue weighted by atomic mass is 9.90. The van der Waals surface area contributed by atoms with E-state index in [4.69, 9.17) is 5.73 Å². The highest BCUT2D eigenvalue weighted by Crippen LogP contribution is 2.31. The van der Waals surface area contributed by atoms with Crippen molar-refractivity contribution in [3.63, 3.8) is 0 Å². The van der Waals surface area contributed by atoms with Gasteiger partial charge in [0.2, 0.25) is 0 Å². The molecule has 96 valence electrons. The molecule has 0 bridgehead atoms. The number of nitrogens with two attached hydrogens (primary N) is 1. The first-order chi connectivity index (χ1) is 8.75. The zero-order chi connectivity index (χ0) is 12.5. The molecule has 5 nitrogen and oxygen atoms in total. The monoisotopic (exact) mass is 245 g/mol. The Kier molecular flexibility index (Phi) is 2.91. The highest BCUT2D eigenvalue weighted by Gasteiger charge is 2.25. The summed E-state index contributed by atoms with van der Waals surface area (Å²) in [5, 5.41) is 4.22. The molecule has 2 atom stereocenters. The predicted octanol–water partition coefficient (Wildman–Crippen LogP) is 1.73. The van der Waals surface area contributed by atoms with Crippen LogP contribution in [0.1, 0.15) is 31.7 Å². The molecule has 5 heteroatoms. The molecule has 0 radical (unpaired) electrons. The zero-order valence-corrected chi connectivity index (χ0v) is 10.7. The fourth-order valence-electron chi connectivity index (χ4n) is 2.83. The number of aryl methyl sites for hydroxylation is 1. The molecule has 0 spiro atoms. The van der Waals surface area contributed by atoms with Crippen LogP contribution in [0.2, 0.25) is 0 Å². The molecule has 2 unspecified atom stereocenters. The van der Waals surface area contributed by atoms with Gasteiger partial charge < -0.3 is 10.3 Å². The topological polar surface area (TPSA) is 61.7 Å². The summed E-state index contributed by atoms with van der Waals surface area (Å²) < 4.78 is 4.04. The van der Waals surface area contributed by atoms with Crippen molar-refractivity contribution >= 4 is 0 Å². The van der Waals surface area contributed by atoms with E-state index >= 15 is 0 Å². The van der Waals surface area contributed by atoms with Gasteiger partial charge in [0.25, 0.3) is 0 Å². The van der Waals surface area contributed by atoms with Crippen LogP contribution in [0.5, 0.6) is 0 Å². The number of imidazole rings is 1. The molecule has 0 aliphatic heterocycles. The average Bonchev–Trinajstić information content (AvgIpc) is 2.98. The van der Waals surface area contributed by atoms with E-state index in [1.807, 2.05) is 36.6 Å². The predicted molar refractivity (Wildman–Crippen MR) is 69.9 cm³/mol. The van der Waals surface area contributed by atoms with Crippen molar-refractivity contribution in [1.29, 1.82) is 0 Å². The van der Waals surface area contributed by atoms with E-state index in [2.05, 4.69) is 14.6 Å². The van der Waals surface area contributed by atoms with Crippen LogP contribution in [0, 0.1) is 0 Å². The van der Waals surface area contributed by atoms with Crippen LogP contribution in [-0.4, -0.2) is 25.4 Å². The van der Waals surface area contributed by atoms with Crippen molar-refractivity contribution in [3.8, 4) is 11.3 Å². The summed E-state index contributed by atoms with van der Waals surface area (Å²) in [5.74, 6) is 0. The molecule has 3 rings (SSSR count). The van der Waals surface area contributed by atoms with Crippen LogP contribution in [-0.2, 0) is 7.05 Å². The van der Waals surface area contributed by atoms with Gasteiger partial charge in [-0.25, -0.2) is 4.98 Å². The summed E-state index contributed by atoms with van der Waals surface area (Å²) in [6.45, 7) is 0. The minimum absolute atomic E-state index is 0.239. The Hall–Kier alpha value is -1.62. The minimum Gasteiger partial charge on any atom is -0.326 e. The normalized spacial score (nSPS) is 24.3. The smallest absolute Gasteiger partial charge is 0.0954 e. The molecule has 1 fully saturated rings. The van der Waals surface area contributed by atoms with Crippen LogP contribution in [0.15, 0.2) is 24.9 Å². The van der Waals surface area contributed by atoms with Gasteiger partial charge in [-0.05, 0) is 12.8 Å². The third-order valence-electron chi connectivity index (χ3n) is 3.81. The van der Waals surface area contributed by atoms with Gasteiger partial charge in [0.05, 0.1) is 30.5 Å². The fourth-order valence-corrected chi connectivity index (χ4v) is 2.83. The molecule has 2 aromatic heterocycles. The van der Waals surface area contributed by atoms with Crippen molar-refractivity contribution in [2.45, 2.75) is 37.8 Å². The second-order valence-electron chi connectivity index (χ2n) is 5.10. The van der Waals surface area contributed by atoms with Gasteiger partial charge >= 0.3 is 0 Å². The number of hydrogen-bond donors (Lipinski definition) is 1. The third-order valence-corrected chi connectivity index (χ3v) is 3.81. The maximum atomic E-state index is 6.25. The Morgan fingerprint density at radius 1 is 1.28 bits per heavy atom. The van der Waals surface area contributed by atoms with Gasteiger partial charge in [0.15, 0.2) is 0 Å². The fraction of sp³-hybridized carbons (Fsp3) is 0.538. The zero-order valence-electron chi connectivity index (χ0n) is 10.7. The Morgan fingerprint density at radius 2 is 2.11 bits per heavy atom. The molecule has 1 aliphatic carbocycles. The molecule has 2 aromatic rings. The Bertz CT molecular complexity index is 527. The minimum atomic E-state index is 0.239. The van der Waals surface area contributed by atoms with Gasteiger partial charge in [-0.2, -0.15) is 5.10 Å². The molecular weight excluding hydrogens is 226 g/mol. The van der Waals surface area contributed by atoms with Crippen LogP contribution in [0.3, 0.4) is 0 Å². The van der Waals surface area contributed by atoms with E-state index in [0.29, 0.717) is 6.04 Å². The van der Waals surface area contributed by atoms with Crippen LogP contribution in [0.4, 0.5) is 0 Å². The number of nitrogens with zero attached hydrogens (tertiary/aromatic N) is 4. The molecular formula is C13H19N5. The van der Waals surface area contributed by atoms with Crippen molar-refractivity contribution in [3.05, 3.63) is 24.9 Å². The molecule has 0 aromatic carbocycles. The van der Waals surface area contributed by atoms with Crippen LogP contribution < -0.4 is 5.73 Å². The summed E-state index contributed by atoms with van der Waals surface area (Å²) in [6, 6.07) is 0.611. The number of aromatic nitrogens is 4. The summed E-state index contributed by atoms with van der Waals surface area (Å²) >= 11 is 0. The standard InChI is InChI=1S/C13H19N5/c1-17-8-10(6-16-17)13-7-15-9-18(13)12-5-3-2-4-11(12)14/h6-9,11-12H,2-5,14H2,1H3. The molecule has 1 aliphatic rings. The molecule has 2 N–H and O–H groups in total. The second kappa shape index (κ2) is 4.57. The summed E-state index contributed by atoms with van der Waals surface area (Å²) in [4.78, 5) is 4.29. The number of rotatable bonds is 2.